The molecule has 8 heteroatoms. The van der Waals surface area contributed by atoms with Gasteiger partial charge in [0.25, 0.3) is 0 Å². The van der Waals surface area contributed by atoms with Crippen LogP contribution in [0.1, 0.15) is 91.5 Å². The van der Waals surface area contributed by atoms with E-state index in [0.717, 1.165) is 25.0 Å². The van der Waals surface area contributed by atoms with Crippen LogP contribution in [-0.2, 0) is 46.7 Å². The van der Waals surface area contributed by atoms with Crippen LogP contribution in [0, 0.1) is 11.3 Å². The van der Waals surface area contributed by atoms with Crippen molar-refractivity contribution in [3.05, 3.63) is 46.9 Å². The van der Waals surface area contributed by atoms with Crippen molar-refractivity contribution < 1.29 is 33.5 Å². The van der Waals surface area contributed by atoms with Crippen LogP contribution in [0.15, 0.2) is 30.0 Å². The predicted octanol–water partition coefficient (Wildman–Crippen LogP) is 5.37. The summed E-state index contributed by atoms with van der Waals surface area (Å²) in [4.78, 5) is 3.93. The van der Waals surface area contributed by atoms with Gasteiger partial charge in [0, 0.05) is 33.8 Å². The topological polar surface area (TPSA) is 101 Å². The largest absolute Gasteiger partial charge is 0.486 e. The average Bonchev–Trinajstić information content (AvgIpc) is 3.89. The Labute approximate surface area is 265 Å². The van der Waals surface area contributed by atoms with Crippen molar-refractivity contribution in [1.29, 1.82) is 0 Å². The molecule has 10 rings (SSSR count). The highest BCUT2D eigenvalue weighted by molar-refractivity contribution is 5.89. The molecule has 45 heavy (non-hydrogen) atoms. The second-order valence-corrected chi connectivity index (χ2v) is 17.5. The normalized spacial score (nSPS) is 50.2. The van der Waals surface area contributed by atoms with Crippen LogP contribution in [0.2, 0.25) is 0 Å². The SMILES string of the molecule is CC1(C)OC1Cc1cccc2[nH]c3c(c12)CC1CC[C@@]2(O)C45OC4C4OC(C6OC6(C)C)OC(C)(C)C4OC5=CC[C@]2(C)[C@@]31C. The highest BCUT2D eigenvalue weighted by Crippen LogP contribution is 2.75. The first-order valence-electron chi connectivity index (χ1n) is 17.2. The van der Waals surface area contributed by atoms with Crippen LogP contribution in [0.4, 0.5) is 0 Å². The number of fused-ring (bicyclic) bond motifs is 9. The van der Waals surface area contributed by atoms with Gasteiger partial charge >= 0.3 is 0 Å². The summed E-state index contributed by atoms with van der Waals surface area (Å²) in [7, 11) is 0. The number of rotatable bonds is 3. The van der Waals surface area contributed by atoms with Gasteiger partial charge in [-0.15, -0.1) is 0 Å². The van der Waals surface area contributed by atoms with E-state index in [1.807, 2.05) is 0 Å². The summed E-state index contributed by atoms with van der Waals surface area (Å²) < 4.78 is 38.7. The molecular formula is C37H47NO7. The first-order chi connectivity index (χ1) is 21.1. The van der Waals surface area contributed by atoms with Crippen molar-refractivity contribution in [2.45, 2.75) is 158 Å². The lowest BCUT2D eigenvalue weighted by atomic mass is 9.42. The highest BCUT2D eigenvalue weighted by Gasteiger charge is 2.86. The molecule has 3 aliphatic carbocycles. The van der Waals surface area contributed by atoms with Crippen LogP contribution in [0.25, 0.3) is 10.9 Å². The summed E-state index contributed by atoms with van der Waals surface area (Å²) in [6.45, 7) is 17.3. The Morgan fingerprint density at radius 2 is 1.62 bits per heavy atom. The molecular weight excluding hydrogens is 570 g/mol. The van der Waals surface area contributed by atoms with E-state index in [4.69, 9.17) is 28.4 Å². The monoisotopic (exact) mass is 617 g/mol. The fourth-order valence-corrected chi connectivity index (χ4v) is 11.1. The van der Waals surface area contributed by atoms with Crippen molar-refractivity contribution >= 4 is 10.9 Å². The molecule has 2 aromatic rings. The maximum Gasteiger partial charge on any atom is 0.188 e. The summed E-state index contributed by atoms with van der Waals surface area (Å²) in [5.74, 6) is 1.19. The van der Waals surface area contributed by atoms with Crippen molar-refractivity contribution in [3.8, 4) is 0 Å². The molecule has 6 fully saturated rings. The van der Waals surface area contributed by atoms with E-state index < -0.39 is 28.5 Å². The molecule has 6 heterocycles. The Balaban J connectivity index is 1.05. The fraction of sp³-hybridized carbons (Fsp3) is 0.730. The molecule has 0 amide bonds. The van der Waals surface area contributed by atoms with Gasteiger partial charge < -0.3 is 38.5 Å². The molecule has 1 spiro atoms. The minimum atomic E-state index is -1.13. The Bertz CT molecular complexity index is 1710. The molecule has 5 aliphatic heterocycles. The average molecular weight is 618 g/mol. The van der Waals surface area contributed by atoms with E-state index >= 15 is 0 Å². The zero-order chi connectivity index (χ0) is 31.3. The van der Waals surface area contributed by atoms with Crippen molar-refractivity contribution in [3.63, 3.8) is 0 Å². The molecule has 1 saturated carbocycles. The number of aliphatic hydroxyl groups is 1. The molecule has 0 radical (unpaired) electrons. The standard InChI is InChI=1S/C37H47NO7/c1-31(2)23(42-31)16-18-10-9-11-21-24(18)20-17-19-12-15-36(39)34(7,35(19,8)26(20)38-21)14-13-22-37(36)28(44-37)25-27(40-22)32(3,4)45-30(41-25)29-33(5,6)43-29/h9-11,13,19,23,25,27-30,38-39H,12,14-17H2,1-8H3/t19?,23?,25?,27?,28?,29?,30?,34-,35-,36+,37?/m1/s1. The number of allylic oxidation sites excluding steroid dienone is 1. The summed E-state index contributed by atoms with van der Waals surface area (Å²) >= 11 is 0. The van der Waals surface area contributed by atoms with Gasteiger partial charge in [0.05, 0.1) is 17.3 Å². The third kappa shape index (κ3) is 3.12. The Kier molecular flexibility index (Phi) is 4.90. The maximum absolute atomic E-state index is 13.3. The van der Waals surface area contributed by atoms with Gasteiger partial charge in [-0.3, -0.25) is 0 Å². The Morgan fingerprint density at radius 3 is 2.33 bits per heavy atom. The Morgan fingerprint density at radius 1 is 0.889 bits per heavy atom. The maximum atomic E-state index is 13.3. The van der Waals surface area contributed by atoms with Crippen molar-refractivity contribution in [1.82, 2.24) is 4.98 Å². The molecule has 5 saturated heterocycles. The molecule has 1 aromatic carbocycles. The van der Waals surface area contributed by atoms with Gasteiger partial charge in [-0.05, 0) is 96.4 Å². The van der Waals surface area contributed by atoms with Crippen LogP contribution in [-0.4, -0.2) is 74.9 Å². The molecule has 1 aromatic heterocycles. The fourth-order valence-electron chi connectivity index (χ4n) is 11.1. The van der Waals surface area contributed by atoms with Crippen LogP contribution >= 0.6 is 0 Å². The number of ether oxygens (including phenoxy) is 6. The van der Waals surface area contributed by atoms with Gasteiger partial charge in [-0.1, -0.05) is 26.0 Å². The van der Waals surface area contributed by atoms with Crippen LogP contribution in [0.5, 0.6) is 0 Å². The third-order valence-electron chi connectivity index (χ3n) is 14.2. The highest BCUT2D eigenvalue weighted by atomic mass is 16.8. The molecule has 8 nitrogen and oxygen atoms in total. The molecule has 0 bridgehead atoms. The number of aromatic amines is 1. The Hall–Kier alpha value is -1.94. The summed E-state index contributed by atoms with van der Waals surface area (Å²) in [5.41, 5.74) is 1.50. The van der Waals surface area contributed by atoms with E-state index in [0.29, 0.717) is 18.8 Å². The summed E-state index contributed by atoms with van der Waals surface area (Å²) in [6.07, 6.45) is 5.07. The second-order valence-electron chi connectivity index (χ2n) is 17.5. The third-order valence-corrected chi connectivity index (χ3v) is 14.2. The minimum Gasteiger partial charge on any atom is -0.486 e. The van der Waals surface area contributed by atoms with Crippen LogP contribution in [0.3, 0.4) is 0 Å². The lowest BCUT2D eigenvalue weighted by Gasteiger charge is -2.64. The summed E-state index contributed by atoms with van der Waals surface area (Å²) in [5, 5.41) is 14.7. The molecule has 2 N–H and O–H groups in total. The first kappa shape index (κ1) is 28.1. The van der Waals surface area contributed by atoms with Crippen molar-refractivity contribution in [2.75, 3.05) is 0 Å². The number of benzene rings is 1. The number of hydrogen-bond acceptors (Lipinski definition) is 7. The number of hydrogen-bond donors (Lipinski definition) is 2. The molecule has 8 aliphatic rings. The van der Waals surface area contributed by atoms with Crippen molar-refractivity contribution in [2.24, 2.45) is 11.3 Å². The number of epoxide rings is 3. The van der Waals surface area contributed by atoms with Gasteiger partial charge in [-0.2, -0.15) is 0 Å². The molecule has 11 atom stereocenters. The van der Waals surface area contributed by atoms with E-state index in [1.54, 1.807) is 0 Å². The zero-order valence-electron chi connectivity index (χ0n) is 27.8. The van der Waals surface area contributed by atoms with Crippen LogP contribution < -0.4 is 0 Å². The predicted molar refractivity (Wildman–Crippen MR) is 166 cm³/mol. The van der Waals surface area contributed by atoms with E-state index in [2.05, 4.69) is 84.6 Å². The van der Waals surface area contributed by atoms with Gasteiger partial charge in [0.15, 0.2) is 18.0 Å². The molecule has 8 unspecified atom stereocenters. The van der Waals surface area contributed by atoms with E-state index in [9.17, 15) is 5.11 Å². The van der Waals surface area contributed by atoms with E-state index in [-0.39, 0.29) is 47.1 Å². The van der Waals surface area contributed by atoms with E-state index in [1.165, 1.54) is 27.7 Å². The quantitative estimate of drug-likeness (QED) is 0.447. The number of nitrogens with one attached hydrogen (secondary N) is 1. The minimum absolute atomic E-state index is 0.0514. The second kappa shape index (κ2) is 7.85. The lowest BCUT2D eigenvalue weighted by Crippen LogP contribution is -2.74. The number of aromatic nitrogens is 1. The lowest BCUT2D eigenvalue weighted by molar-refractivity contribution is -0.332. The zero-order valence-corrected chi connectivity index (χ0v) is 27.8. The molecule has 242 valence electrons. The first-order valence-corrected chi connectivity index (χ1v) is 17.2. The van der Waals surface area contributed by atoms with Gasteiger partial charge in [0.2, 0.25) is 0 Å². The summed E-state index contributed by atoms with van der Waals surface area (Å²) in [6, 6.07) is 6.66. The van der Waals surface area contributed by atoms with Gasteiger partial charge in [-0.25, -0.2) is 0 Å². The number of H-pyrrole nitrogens is 1. The smallest absolute Gasteiger partial charge is 0.188 e. The van der Waals surface area contributed by atoms with Gasteiger partial charge in [0.1, 0.15) is 35.3 Å².